The second-order valence-electron chi connectivity index (χ2n) is 4.48. The van der Waals surface area contributed by atoms with Gasteiger partial charge in [-0.1, -0.05) is 0 Å². The van der Waals surface area contributed by atoms with Gasteiger partial charge in [0.15, 0.2) is 5.69 Å². The number of rotatable bonds is 3. The monoisotopic (exact) mass is 315 g/mol. The molecule has 0 unspecified atom stereocenters. The number of nitrogens with zero attached hydrogens (tertiary/aromatic N) is 2. The third kappa shape index (κ3) is 2.75. The van der Waals surface area contributed by atoms with Gasteiger partial charge in [0.2, 0.25) is 0 Å². The number of aryl methyl sites for hydroxylation is 1. The minimum Gasteiger partial charge on any atom is -0.377 e. The molecule has 1 aliphatic heterocycles. The molecule has 6 heteroatoms. The van der Waals surface area contributed by atoms with Crippen LogP contribution in [0.25, 0.3) is 0 Å². The molecule has 0 aliphatic carbocycles. The number of ether oxygens (including phenoxy) is 1. The molecular formula is C12H18BrN3O2. The summed E-state index contributed by atoms with van der Waals surface area (Å²) in [5.74, 6) is -0.0318. The van der Waals surface area contributed by atoms with Crippen LogP contribution in [0.5, 0.6) is 0 Å². The summed E-state index contributed by atoms with van der Waals surface area (Å²) in [4.78, 5) is 14.2. The van der Waals surface area contributed by atoms with E-state index in [0.717, 1.165) is 29.6 Å². The van der Waals surface area contributed by atoms with Gasteiger partial charge in [0.05, 0.1) is 10.6 Å². The van der Waals surface area contributed by atoms with E-state index in [4.69, 9.17) is 4.74 Å². The molecule has 2 heterocycles. The zero-order chi connectivity index (χ0) is 13.1. The van der Waals surface area contributed by atoms with Crippen LogP contribution in [-0.2, 0) is 4.74 Å². The minimum atomic E-state index is -0.0318. The molecule has 0 bridgehead atoms. The first-order valence-electron chi connectivity index (χ1n) is 6.24. The molecule has 0 radical (unpaired) electrons. The quantitative estimate of drug-likeness (QED) is 0.929. The fraction of sp³-hybridized carbons (Fsp3) is 0.667. The maximum Gasteiger partial charge on any atom is 0.275 e. The van der Waals surface area contributed by atoms with Gasteiger partial charge >= 0.3 is 0 Å². The molecule has 1 amide bonds. The molecule has 1 fully saturated rings. The third-order valence-corrected chi connectivity index (χ3v) is 4.11. The van der Waals surface area contributed by atoms with Crippen LogP contribution in [0.2, 0.25) is 0 Å². The number of nitrogens with one attached hydrogen (secondary N) is 1. The highest BCUT2D eigenvalue weighted by Gasteiger charge is 2.27. The van der Waals surface area contributed by atoms with E-state index in [1.807, 2.05) is 18.7 Å². The molecule has 18 heavy (non-hydrogen) atoms. The second kappa shape index (κ2) is 5.84. The van der Waals surface area contributed by atoms with Gasteiger partial charge in [-0.05, 0) is 42.6 Å². The lowest BCUT2D eigenvalue weighted by Crippen LogP contribution is -2.43. The first-order chi connectivity index (χ1) is 8.63. The highest BCUT2D eigenvalue weighted by Crippen LogP contribution is 2.22. The summed E-state index contributed by atoms with van der Waals surface area (Å²) in [5.41, 5.74) is 1.33. The number of amides is 1. The van der Waals surface area contributed by atoms with E-state index in [2.05, 4.69) is 26.1 Å². The lowest BCUT2D eigenvalue weighted by Gasteiger charge is -2.32. The number of likely N-dealkylation sites (tertiary alicyclic amines) is 1. The van der Waals surface area contributed by atoms with Crippen molar-refractivity contribution in [2.45, 2.75) is 32.8 Å². The molecule has 1 atom stereocenters. The van der Waals surface area contributed by atoms with Crippen LogP contribution in [0.3, 0.4) is 0 Å². The molecule has 0 aromatic carbocycles. The van der Waals surface area contributed by atoms with Crippen molar-refractivity contribution in [1.82, 2.24) is 15.1 Å². The van der Waals surface area contributed by atoms with E-state index in [0.29, 0.717) is 18.8 Å². The summed E-state index contributed by atoms with van der Waals surface area (Å²) in [6, 6.07) is 0. The van der Waals surface area contributed by atoms with E-state index in [-0.39, 0.29) is 12.0 Å². The number of halogens is 1. The van der Waals surface area contributed by atoms with Crippen molar-refractivity contribution in [3.8, 4) is 0 Å². The molecule has 0 spiro atoms. The standard InChI is InChI=1S/C12H18BrN3O2/c1-3-18-9-5-4-6-16(7-9)12(17)11-10(13)8(2)14-15-11/h9H,3-7H2,1-2H3,(H,14,15)/t9-/m1/s1. The Morgan fingerprint density at radius 3 is 3.06 bits per heavy atom. The van der Waals surface area contributed by atoms with Crippen LogP contribution < -0.4 is 0 Å². The van der Waals surface area contributed by atoms with E-state index in [1.165, 1.54) is 0 Å². The van der Waals surface area contributed by atoms with Gasteiger partial charge < -0.3 is 9.64 Å². The Balaban J connectivity index is 2.07. The van der Waals surface area contributed by atoms with Crippen molar-refractivity contribution in [2.24, 2.45) is 0 Å². The Kier molecular flexibility index (Phi) is 4.40. The van der Waals surface area contributed by atoms with Crippen molar-refractivity contribution in [3.63, 3.8) is 0 Å². The zero-order valence-corrected chi connectivity index (χ0v) is 12.3. The number of hydrogen-bond acceptors (Lipinski definition) is 3. The predicted molar refractivity (Wildman–Crippen MR) is 71.6 cm³/mol. The Morgan fingerprint density at radius 1 is 1.67 bits per heavy atom. The van der Waals surface area contributed by atoms with Crippen LogP contribution in [0.4, 0.5) is 0 Å². The fourth-order valence-electron chi connectivity index (χ4n) is 2.20. The maximum absolute atomic E-state index is 12.3. The summed E-state index contributed by atoms with van der Waals surface area (Å²) in [5, 5.41) is 6.88. The summed E-state index contributed by atoms with van der Waals surface area (Å²) < 4.78 is 6.36. The number of aromatic nitrogens is 2. The van der Waals surface area contributed by atoms with Gasteiger partial charge in [-0.25, -0.2) is 0 Å². The number of H-pyrrole nitrogens is 1. The van der Waals surface area contributed by atoms with Crippen LogP contribution in [0.1, 0.15) is 35.9 Å². The van der Waals surface area contributed by atoms with Gasteiger partial charge in [-0.15, -0.1) is 0 Å². The van der Waals surface area contributed by atoms with Gasteiger partial charge in [-0.2, -0.15) is 5.10 Å². The molecule has 1 aliphatic rings. The summed E-state index contributed by atoms with van der Waals surface area (Å²) in [6.45, 7) is 5.99. The lowest BCUT2D eigenvalue weighted by molar-refractivity contribution is 0.00699. The van der Waals surface area contributed by atoms with E-state index in [1.54, 1.807) is 0 Å². The van der Waals surface area contributed by atoms with Gasteiger partial charge in [0, 0.05) is 25.4 Å². The normalized spacial score (nSPS) is 20.2. The van der Waals surface area contributed by atoms with Crippen LogP contribution in [0.15, 0.2) is 4.47 Å². The van der Waals surface area contributed by atoms with Crippen molar-refractivity contribution in [2.75, 3.05) is 19.7 Å². The number of aromatic amines is 1. The second-order valence-corrected chi connectivity index (χ2v) is 5.27. The molecule has 1 N–H and O–H groups in total. The predicted octanol–water partition coefficient (Wildman–Crippen LogP) is 2.12. The molecule has 100 valence electrons. The maximum atomic E-state index is 12.3. The van der Waals surface area contributed by atoms with Gasteiger partial charge in [0.1, 0.15) is 0 Å². The zero-order valence-electron chi connectivity index (χ0n) is 10.7. The molecule has 0 saturated carbocycles. The van der Waals surface area contributed by atoms with Crippen molar-refractivity contribution < 1.29 is 9.53 Å². The lowest BCUT2D eigenvalue weighted by atomic mass is 10.1. The third-order valence-electron chi connectivity index (χ3n) is 3.14. The van der Waals surface area contributed by atoms with Gasteiger partial charge in [-0.3, -0.25) is 9.89 Å². The Labute approximate surface area is 115 Å². The largest absolute Gasteiger partial charge is 0.377 e. The average Bonchev–Trinajstić information content (AvgIpc) is 2.70. The van der Waals surface area contributed by atoms with Crippen LogP contribution >= 0.6 is 15.9 Å². The first kappa shape index (κ1) is 13.5. The van der Waals surface area contributed by atoms with E-state index >= 15 is 0 Å². The number of carbonyl (C=O) groups is 1. The molecular weight excluding hydrogens is 298 g/mol. The van der Waals surface area contributed by atoms with E-state index in [9.17, 15) is 4.79 Å². The molecule has 1 aromatic heterocycles. The summed E-state index contributed by atoms with van der Waals surface area (Å²) in [6.07, 6.45) is 2.17. The topological polar surface area (TPSA) is 58.2 Å². The molecule has 1 saturated heterocycles. The van der Waals surface area contributed by atoms with Crippen LogP contribution in [0, 0.1) is 6.92 Å². The Hall–Kier alpha value is -0.880. The Morgan fingerprint density at radius 2 is 2.44 bits per heavy atom. The van der Waals surface area contributed by atoms with Crippen molar-refractivity contribution in [3.05, 3.63) is 15.9 Å². The Bertz CT molecular complexity index is 431. The minimum absolute atomic E-state index is 0.0318. The van der Waals surface area contributed by atoms with E-state index < -0.39 is 0 Å². The smallest absolute Gasteiger partial charge is 0.275 e. The SMILES string of the molecule is CCO[C@@H]1CCCN(C(=O)c2n[nH]c(C)c2Br)C1. The van der Waals surface area contributed by atoms with Crippen LogP contribution in [-0.4, -0.2) is 46.8 Å². The highest BCUT2D eigenvalue weighted by atomic mass is 79.9. The number of hydrogen-bond donors (Lipinski definition) is 1. The fourth-order valence-corrected chi connectivity index (χ4v) is 2.55. The number of piperidine rings is 1. The molecule has 1 aromatic rings. The summed E-state index contributed by atoms with van der Waals surface area (Å²) >= 11 is 3.39. The molecule has 5 nitrogen and oxygen atoms in total. The number of carbonyl (C=O) groups excluding carboxylic acids is 1. The average molecular weight is 316 g/mol. The summed E-state index contributed by atoms with van der Waals surface area (Å²) in [7, 11) is 0. The van der Waals surface area contributed by atoms with Gasteiger partial charge in [0.25, 0.3) is 5.91 Å². The van der Waals surface area contributed by atoms with Crippen molar-refractivity contribution in [1.29, 1.82) is 0 Å². The highest BCUT2D eigenvalue weighted by molar-refractivity contribution is 9.10. The first-order valence-corrected chi connectivity index (χ1v) is 7.04. The molecule has 2 rings (SSSR count). The van der Waals surface area contributed by atoms with Crippen molar-refractivity contribution >= 4 is 21.8 Å².